The van der Waals surface area contributed by atoms with Gasteiger partial charge in [-0.25, -0.2) is 9.18 Å². The lowest BCUT2D eigenvalue weighted by atomic mass is 10.3. The number of rotatable bonds is 4. The molecule has 0 bridgehead atoms. The van der Waals surface area contributed by atoms with E-state index in [-0.39, 0.29) is 30.4 Å². The average Bonchev–Trinajstić information content (AvgIpc) is 2.79. The van der Waals surface area contributed by atoms with Gasteiger partial charge in [-0.1, -0.05) is 0 Å². The largest absolute Gasteiger partial charge is 0.484 e. The highest BCUT2D eigenvalue weighted by molar-refractivity contribution is 5.78. The lowest BCUT2D eigenvalue weighted by molar-refractivity contribution is -0.133. The number of benzene rings is 1. The molecule has 0 radical (unpaired) electrons. The summed E-state index contributed by atoms with van der Waals surface area (Å²) in [5.74, 6) is -0.0242. The quantitative estimate of drug-likeness (QED) is 0.912. The van der Waals surface area contributed by atoms with Gasteiger partial charge < -0.3 is 19.9 Å². The van der Waals surface area contributed by atoms with Crippen molar-refractivity contribution < 1.29 is 18.7 Å². The summed E-state index contributed by atoms with van der Waals surface area (Å²) in [7, 11) is 0. The Morgan fingerprint density at radius 3 is 2.42 bits per heavy atom. The number of nitrogens with zero attached hydrogens (tertiary/aromatic N) is 2. The fourth-order valence-electron chi connectivity index (χ4n) is 2.48. The van der Waals surface area contributed by atoms with Crippen LogP contribution >= 0.6 is 0 Å². The van der Waals surface area contributed by atoms with Crippen molar-refractivity contribution in [3.8, 4) is 5.75 Å². The number of nitrogens with one attached hydrogen (secondary N) is 1. The summed E-state index contributed by atoms with van der Waals surface area (Å²) in [6.07, 6.45) is 0.730. The van der Waals surface area contributed by atoms with Gasteiger partial charge in [0, 0.05) is 32.2 Å². The molecule has 0 spiro atoms. The van der Waals surface area contributed by atoms with E-state index in [9.17, 15) is 14.0 Å². The molecule has 0 atom stereocenters. The Morgan fingerprint density at radius 2 is 1.75 bits per heavy atom. The minimum Gasteiger partial charge on any atom is -0.484 e. The van der Waals surface area contributed by atoms with Gasteiger partial charge in [0.15, 0.2) is 6.61 Å². The Labute approximate surface area is 141 Å². The standard InChI is InChI=1S/C17H24FN3O3/c1-13(2)19-17(23)21-9-3-8-20(10-11-21)16(22)12-24-15-6-4-14(18)5-7-15/h4-7,13H,3,8-12H2,1-2H3,(H,19,23). The molecule has 132 valence electrons. The Hall–Kier alpha value is -2.31. The third kappa shape index (κ3) is 5.40. The first-order chi connectivity index (χ1) is 11.5. The first-order valence-electron chi connectivity index (χ1n) is 8.17. The number of carbonyl (C=O) groups excluding carboxylic acids is 2. The van der Waals surface area contributed by atoms with Crippen LogP contribution in [0.25, 0.3) is 0 Å². The van der Waals surface area contributed by atoms with E-state index in [0.29, 0.717) is 31.9 Å². The van der Waals surface area contributed by atoms with Gasteiger partial charge in [-0.15, -0.1) is 0 Å². The van der Waals surface area contributed by atoms with E-state index in [4.69, 9.17) is 4.74 Å². The van der Waals surface area contributed by atoms with Gasteiger partial charge in [-0.05, 0) is 44.5 Å². The van der Waals surface area contributed by atoms with E-state index in [1.807, 2.05) is 13.8 Å². The van der Waals surface area contributed by atoms with Gasteiger partial charge in [0.25, 0.3) is 5.91 Å². The zero-order valence-electron chi connectivity index (χ0n) is 14.1. The summed E-state index contributed by atoms with van der Waals surface area (Å²) in [5.41, 5.74) is 0. The van der Waals surface area contributed by atoms with Crippen molar-refractivity contribution in [3.05, 3.63) is 30.1 Å². The Kier molecular flexibility index (Phi) is 6.40. The molecule has 1 saturated heterocycles. The first kappa shape index (κ1) is 18.0. The molecule has 1 N–H and O–H groups in total. The molecule has 1 aromatic rings. The predicted octanol–water partition coefficient (Wildman–Crippen LogP) is 1.86. The number of halogens is 1. The first-order valence-corrected chi connectivity index (χ1v) is 8.17. The summed E-state index contributed by atoms with van der Waals surface area (Å²) in [5, 5.41) is 2.86. The summed E-state index contributed by atoms with van der Waals surface area (Å²) in [4.78, 5) is 27.7. The zero-order chi connectivity index (χ0) is 17.5. The summed E-state index contributed by atoms with van der Waals surface area (Å²) in [6.45, 7) is 5.94. The average molecular weight is 337 g/mol. The molecular formula is C17H24FN3O3. The minimum atomic E-state index is -0.346. The molecule has 7 heteroatoms. The van der Waals surface area contributed by atoms with Crippen molar-refractivity contribution in [2.75, 3.05) is 32.8 Å². The van der Waals surface area contributed by atoms with Gasteiger partial charge in [-0.3, -0.25) is 4.79 Å². The molecule has 1 fully saturated rings. The SMILES string of the molecule is CC(C)NC(=O)N1CCCN(C(=O)COc2ccc(F)cc2)CC1. The number of amides is 3. The van der Waals surface area contributed by atoms with Crippen LogP contribution in [0, 0.1) is 5.82 Å². The van der Waals surface area contributed by atoms with E-state index < -0.39 is 0 Å². The molecule has 1 aliphatic rings. The van der Waals surface area contributed by atoms with Crippen LogP contribution in [0.2, 0.25) is 0 Å². The van der Waals surface area contributed by atoms with Crippen molar-refractivity contribution in [1.82, 2.24) is 15.1 Å². The van der Waals surface area contributed by atoms with E-state index in [1.54, 1.807) is 9.80 Å². The highest BCUT2D eigenvalue weighted by Gasteiger charge is 2.22. The fourth-order valence-corrected chi connectivity index (χ4v) is 2.48. The van der Waals surface area contributed by atoms with Gasteiger partial charge >= 0.3 is 6.03 Å². The number of hydrogen-bond acceptors (Lipinski definition) is 3. The highest BCUT2D eigenvalue weighted by atomic mass is 19.1. The van der Waals surface area contributed by atoms with Crippen molar-refractivity contribution >= 4 is 11.9 Å². The number of hydrogen-bond donors (Lipinski definition) is 1. The number of carbonyl (C=O) groups is 2. The molecule has 0 unspecified atom stereocenters. The van der Waals surface area contributed by atoms with E-state index >= 15 is 0 Å². The molecule has 1 heterocycles. The van der Waals surface area contributed by atoms with Crippen LogP contribution in [-0.2, 0) is 4.79 Å². The topological polar surface area (TPSA) is 61.9 Å². The van der Waals surface area contributed by atoms with E-state index in [2.05, 4.69) is 5.32 Å². The molecule has 0 saturated carbocycles. The molecule has 1 aliphatic heterocycles. The normalized spacial score (nSPS) is 15.2. The highest BCUT2D eigenvalue weighted by Crippen LogP contribution is 2.11. The summed E-state index contributed by atoms with van der Waals surface area (Å²) >= 11 is 0. The van der Waals surface area contributed by atoms with Gasteiger partial charge in [-0.2, -0.15) is 0 Å². The van der Waals surface area contributed by atoms with Crippen LogP contribution in [0.3, 0.4) is 0 Å². The maximum Gasteiger partial charge on any atom is 0.317 e. The third-order valence-electron chi connectivity index (χ3n) is 3.72. The van der Waals surface area contributed by atoms with Gasteiger partial charge in [0.05, 0.1) is 0 Å². The second-order valence-corrected chi connectivity index (χ2v) is 6.07. The predicted molar refractivity (Wildman–Crippen MR) is 88.3 cm³/mol. The number of ether oxygens (including phenoxy) is 1. The molecule has 3 amide bonds. The molecule has 24 heavy (non-hydrogen) atoms. The van der Waals surface area contributed by atoms with Crippen LogP contribution in [0.1, 0.15) is 20.3 Å². The molecule has 1 aromatic carbocycles. The van der Waals surface area contributed by atoms with Gasteiger partial charge in [0.2, 0.25) is 0 Å². The van der Waals surface area contributed by atoms with Crippen molar-refractivity contribution in [2.24, 2.45) is 0 Å². The van der Waals surface area contributed by atoms with E-state index in [1.165, 1.54) is 24.3 Å². The van der Waals surface area contributed by atoms with Crippen LogP contribution < -0.4 is 10.1 Å². The molecule has 0 aromatic heterocycles. The van der Waals surface area contributed by atoms with Crippen LogP contribution in [0.5, 0.6) is 5.75 Å². The third-order valence-corrected chi connectivity index (χ3v) is 3.72. The number of urea groups is 1. The van der Waals surface area contributed by atoms with Crippen molar-refractivity contribution in [1.29, 1.82) is 0 Å². The fraction of sp³-hybridized carbons (Fsp3) is 0.529. The van der Waals surface area contributed by atoms with Crippen molar-refractivity contribution in [2.45, 2.75) is 26.3 Å². The lowest BCUT2D eigenvalue weighted by Gasteiger charge is -2.23. The monoisotopic (exact) mass is 337 g/mol. The maximum atomic E-state index is 12.8. The Morgan fingerprint density at radius 1 is 1.12 bits per heavy atom. The van der Waals surface area contributed by atoms with E-state index in [0.717, 1.165) is 6.42 Å². The summed E-state index contributed by atoms with van der Waals surface area (Å²) in [6, 6.07) is 5.55. The minimum absolute atomic E-state index is 0.0857. The van der Waals surface area contributed by atoms with Gasteiger partial charge in [0.1, 0.15) is 11.6 Å². The smallest absolute Gasteiger partial charge is 0.317 e. The zero-order valence-corrected chi connectivity index (χ0v) is 14.1. The Balaban J connectivity index is 1.81. The molecule has 6 nitrogen and oxygen atoms in total. The lowest BCUT2D eigenvalue weighted by Crippen LogP contribution is -2.45. The molecule has 0 aliphatic carbocycles. The molecular weight excluding hydrogens is 313 g/mol. The Bertz CT molecular complexity index is 563. The maximum absolute atomic E-state index is 12.8. The summed E-state index contributed by atoms with van der Waals surface area (Å²) < 4.78 is 18.2. The van der Waals surface area contributed by atoms with Crippen LogP contribution in [0.4, 0.5) is 9.18 Å². The molecule has 2 rings (SSSR count). The second kappa shape index (κ2) is 8.52. The van der Waals surface area contributed by atoms with Crippen LogP contribution in [-0.4, -0.2) is 60.6 Å². The van der Waals surface area contributed by atoms with Crippen LogP contribution in [0.15, 0.2) is 24.3 Å². The second-order valence-electron chi connectivity index (χ2n) is 6.07. The van der Waals surface area contributed by atoms with Crippen molar-refractivity contribution in [3.63, 3.8) is 0 Å².